The van der Waals surface area contributed by atoms with Crippen LogP contribution in [0.3, 0.4) is 0 Å². The van der Waals surface area contributed by atoms with Crippen LogP contribution in [0.5, 0.6) is 0 Å². The number of piperidine rings is 1. The summed E-state index contributed by atoms with van der Waals surface area (Å²) in [4.78, 5) is 28.3. The second kappa shape index (κ2) is 6.02. The van der Waals surface area contributed by atoms with Gasteiger partial charge < -0.3 is 15.2 Å². The molecule has 2 heterocycles. The van der Waals surface area contributed by atoms with Crippen molar-refractivity contribution >= 4 is 5.91 Å². The van der Waals surface area contributed by atoms with E-state index in [0.29, 0.717) is 12.5 Å². The number of hydrogen-bond donors (Lipinski definition) is 2. The summed E-state index contributed by atoms with van der Waals surface area (Å²) < 4.78 is 0. The van der Waals surface area contributed by atoms with Crippen molar-refractivity contribution in [1.82, 2.24) is 15.2 Å². The summed E-state index contributed by atoms with van der Waals surface area (Å²) in [5, 5.41) is 3.31. The molecule has 104 valence electrons. The molecule has 5 nitrogen and oxygen atoms in total. The second-order valence-electron chi connectivity index (χ2n) is 5.26. The van der Waals surface area contributed by atoms with Crippen molar-refractivity contribution in [3.63, 3.8) is 0 Å². The van der Waals surface area contributed by atoms with E-state index in [1.165, 1.54) is 0 Å². The lowest BCUT2D eigenvalue weighted by Crippen LogP contribution is -2.38. The van der Waals surface area contributed by atoms with Crippen LogP contribution in [0.2, 0.25) is 0 Å². The Kier molecular flexibility index (Phi) is 4.37. The number of pyridine rings is 1. The highest BCUT2D eigenvalue weighted by atomic mass is 16.2. The Morgan fingerprint density at radius 2 is 2.05 bits per heavy atom. The van der Waals surface area contributed by atoms with Crippen LogP contribution < -0.4 is 10.9 Å². The van der Waals surface area contributed by atoms with Gasteiger partial charge in [0.15, 0.2) is 0 Å². The summed E-state index contributed by atoms with van der Waals surface area (Å²) in [6.45, 7) is 4.54. The summed E-state index contributed by atoms with van der Waals surface area (Å²) in [6, 6.07) is 3.36. The second-order valence-corrected chi connectivity index (χ2v) is 5.26. The molecule has 0 radical (unpaired) electrons. The lowest BCUT2D eigenvalue weighted by atomic mass is 9.97. The summed E-state index contributed by atoms with van der Waals surface area (Å²) in [6.07, 6.45) is 2.17. The van der Waals surface area contributed by atoms with Gasteiger partial charge in [-0.3, -0.25) is 9.59 Å². The lowest BCUT2D eigenvalue weighted by Gasteiger charge is -2.27. The number of H-pyrrole nitrogens is 1. The zero-order chi connectivity index (χ0) is 13.8. The molecular weight excluding hydrogens is 242 g/mol. The first-order chi connectivity index (χ1) is 9.08. The van der Waals surface area contributed by atoms with Gasteiger partial charge in [0.05, 0.1) is 0 Å². The van der Waals surface area contributed by atoms with Crippen LogP contribution in [0.1, 0.15) is 28.9 Å². The molecule has 19 heavy (non-hydrogen) atoms. The Morgan fingerprint density at radius 1 is 1.37 bits per heavy atom. The molecule has 1 aromatic heterocycles. The van der Waals surface area contributed by atoms with Crippen molar-refractivity contribution in [3.8, 4) is 0 Å². The molecule has 0 bridgehead atoms. The maximum atomic E-state index is 12.2. The van der Waals surface area contributed by atoms with E-state index in [9.17, 15) is 9.59 Å². The maximum absolute atomic E-state index is 12.2. The van der Waals surface area contributed by atoms with E-state index in [-0.39, 0.29) is 17.0 Å². The van der Waals surface area contributed by atoms with Crippen LogP contribution in [0, 0.1) is 12.8 Å². The van der Waals surface area contributed by atoms with Crippen molar-refractivity contribution in [2.75, 3.05) is 26.7 Å². The molecule has 0 saturated carbocycles. The molecule has 1 aromatic rings. The molecule has 0 aliphatic carbocycles. The number of rotatable bonds is 3. The molecule has 1 aliphatic heterocycles. The molecule has 2 rings (SSSR count). The average molecular weight is 263 g/mol. The summed E-state index contributed by atoms with van der Waals surface area (Å²) in [5.74, 6) is 0.333. The zero-order valence-corrected chi connectivity index (χ0v) is 11.5. The number of aromatic amines is 1. The SMILES string of the molecule is Cc1ccc(C(=O)N(C)CC2CCNCC2)c(=O)[nH]1. The molecule has 1 amide bonds. The number of carbonyl (C=O) groups is 1. The van der Waals surface area contributed by atoms with Crippen molar-refractivity contribution in [1.29, 1.82) is 0 Å². The summed E-state index contributed by atoms with van der Waals surface area (Å²) >= 11 is 0. The highest BCUT2D eigenvalue weighted by Gasteiger charge is 2.20. The van der Waals surface area contributed by atoms with Crippen LogP contribution in [0.15, 0.2) is 16.9 Å². The predicted octanol–water partition coefficient (Wildman–Crippen LogP) is 0.755. The number of carbonyl (C=O) groups excluding carboxylic acids is 1. The van der Waals surface area contributed by atoms with Crippen LogP contribution in [-0.2, 0) is 0 Å². The van der Waals surface area contributed by atoms with Gasteiger partial charge in [-0.05, 0) is 50.9 Å². The lowest BCUT2D eigenvalue weighted by molar-refractivity contribution is 0.0761. The Morgan fingerprint density at radius 3 is 2.68 bits per heavy atom. The fourth-order valence-corrected chi connectivity index (χ4v) is 2.48. The largest absolute Gasteiger partial charge is 0.341 e. The zero-order valence-electron chi connectivity index (χ0n) is 11.5. The minimum atomic E-state index is -0.304. The van der Waals surface area contributed by atoms with E-state index in [1.54, 1.807) is 31.0 Å². The van der Waals surface area contributed by atoms with Gasteiger partial charge >= 0.3 is 0 Å². The molecule has 1 fully saturated rings. The van der Waals surface area contributed by atoms with Gasteiger partial charge in [0, 0.05) is 19.3 Å². The molecule has 2 N–H and O–H groups in total. The maximum Gasteiger partial charge on any atom is 0.260 e. The van der Waals surface area contributed by atoms with Gasteiger partial charge in [-0.15, -0.1) is 0 Å². The normalized spacial score (nSPS) is 16.3. The molecule has 0 unspecified atom stereocenters. The molecule has 0 atom stereocenters. The summed E-state index contributed by atoms with van der Waals surface area (Å²) in [7, 11) is 1.77. The average Bonchev–Trinajstić information content (AvgIpc) is 2.39. The number of hydrogen-bond acceptors (Lipinski definition) is 3. The van der Waals surface area contributed by atoms with Crippen molar-refractivity contribution in [2.24, 2.45) is 5.92 Å². The summed E-state index contributed by atoms with van der Waals surface area (Å²) in [5.41, 5.74) is 0.687. The number of amides is 1. The Bertz CT molecular complexity index is 504. The third kappa shape index (κ3) is 3.44. The molecular formula is C14H21N3O2. The predicted molar refractivity (Wildman–Crippen MR) is 74.4 cm³/mol. The van der Waals surface area contributed by atoms with E-state index in [0.717, 1.165) is 31.6 Å². The first-order valence-corrected chi connectivity index (χ1v) is 6.74. The topological polar surface area (TPSA) is 65.2 Å². The molecule has 1 aliphatic rings. The van der Waals surface area contributed by atoms with Crippen molar-refractivity contribution < 1.29 is 4.79 Å². The van der Waals surface area contributed by atoms with Crippen molar-refractivity contribution in [3.05, 3.63) is 33.7 Å². The molecule has 0 aromatic carbocycles. The number of nitrogens with zero attached hydrogens (tertiary/aromatic N) is 1. The molecule has 0 spiro atoms. The van der Waals surface area contributed by atoms with E-state index >= 15 is 0 Å². The van der Waals surface area contributed by atoms with E-state index in [4.69, 9.17) is 0 Å². The Hall–Kier alpha value is -1.62. The van der Waals surface area contributed by atoms with Gasteiger partial charge in [0.2, 0.25) is 0 Å². The third-order valence-corrected chi connectivity index (χ3v) is 3.62. The van der Waals surface area contributed by atoms with Crippen LogP contribution >= 0.6 is 0 Å². The quantitative estimate of drug-likeness (QED) is 0.846. The molecule has 5 heteroatoms. The van der Waals surface area contributed by atoms with Gasteiger partial charge in [-0.2, -0.15) is 0 Å². The minimum Gasteiger partial charge on any atom is -0.341 e. The fraction of sp³-hybridized carbons (Fsp3) is 0.571. The van der Waals surface area contributed by atoms with Gasteiger partial charge in [-0.1, -0.05) is 0 Å². The standard InChI is InChI=1S/C14H21N3O2/c1-10-3-4-12(13(18)16-10)14(19)17(2)9-11-5-7-15-8-6-11/h3-4,11,15H,5-9H2,1-2H3,(H,16,18). The van der Waals surface area contributed by atoms with Crippen molar-refractivity contribution in [2.45, 2.75) is 19.8 Å². The molecule has 1 saturated heterocycles. The van der Waals surface area contributed by atoms with E-state index in [2.05, 4.69) is 10.3 Å². The highest BCUT2D eigenvalue weighted by Crippen LogP contribution is 2.13. The third-order valence-electron chi connectivity index (χ3n) is 3.62. The Balaban J connectivity index is 2.03. The van der Waals surface area contributed by atoms with Crippen LogP contribution in [0.4, 0.5) is 0 Å². The number of aromatic nitrogens is 1. The first kappa shape index (κ1) is 13.8. The fourth-order valence-electron chi connectivity index (χ4n) is 2.48. The first-order valence-electron chi connectivity index (χ1n) is 6.74. The van der Waals surface area contributed by atoms with Gasteiger partial charge in [0.1, 0.15) is 5.56 Å². The van der Waals surface area contributed by atoms with Gasteiger partial charge in [0.25, 0.3) is 11.5 Å². The Labute approximate surface area is 113 Å². The van der Waals surface area contributed by atoms with E-state index in [1.807, 2.05) is 0 Å². The van der Waals surface area contributed by atoms with Crippen LogP contribution in [0.25, 0.3) is 0 Å². The minimum absolute atomic E-state index is 0.195. The number of aryl methyl sites for hydroxylation is 1. The smallest absolute Gasteiger partial charge is 0.260 e. The van der Waals surface area contributed by atoms with Crippen LogP contribution in [-0.4, -0.2) is 42.5 Å². The van der Waals surface area contributed by atoms with Gasteiger partial charge in [-0.25, -0.2) is 0 Å². The highest BCUT2D eigenvalue weighted by molar-refractivity contribution is 5.93. The number of nitrogens with one attached hydrogen (secondary N) is 2. The monoisotopic (exact) mass is 263 g/mol. The van der Waals surface area contributed by atoms with E-state index < -0.39 is 0 Å².